The molecule has 1 aromatic heterocycles. The van der Waals surface area contributed by atoms with Gasteiger partial charge < -0.3 is 14.4 Å². The minimum Gasteiger partial charge on any atom is -0.481 e. The van der Waals surface area contributed by atoms with Crippen LogP contribution >= 0.6 is 0 Å². The van der Waals surface area contributed by atoms with Crippen LogP contribution in [0, 0.1) is 0 Å². The molecule has 3 aromatic rings. The predicted molar refractivity (Wildman–Crippen MR) is 131 cm³/mol. The molecule has 1 aliphatic rings. The van der Waals surface area contributed by atoms with Crippen LogP contribution in [0.3, 0.4) is 0 Å². The number of hydrogen-bond donors (Lipinski definition) is 0. The topological polar surface area (TPSA) is 106 Å². The van der Waals surface area contributed by atoms with E-state index in [1.54, 1.807) is 42.2 Å². The number of carbonyl (C=O) groups is 2. The molecule has 0 saturated carbocycles. The van der Waals surface area contributed by atoms with E-state index in [2.05, 4.69) is 4.98 Å². The van der Waals surface area contributed by atoms with Gasteiger partial charge in [-0.3, -0.25) is 9.59 Å². The highest BCUT2D eigenvalue weighted by Gasteiger charge is 2.33. The van der Waals surface area contributed by atoms with Gasteiger partial charge in [-0.1, -0.05) is 30.3 Å². The Labute approximate surface area is 204 Å². The lowest BCUT2D eigenvalue weighted by atomic mass is 9.99. The Hall–Kier alpha value is -3.92. The second kappa shape index (κ2) is 9.38. The quantitative estimate of drug-likeness (QED) is 0.495. The summed E-state index contributed by atoms with van der Waals surface area (Å²) in [5.41, 5.74) is 2.90. The number of anilines is 2. The maximum absolute atomic E-state index is 13.4. The third kappa shape index (κ3) is 4.57. The Morgan fingerprint density at radius 1 is 1.03 bits per heavy atom. The van der Waals surface area contributed by atoms with Crippen LogP contribution in [0.5, 0.6) is 11.8 Å². The molecule has 35 heavy (non-hydrogen) atoms. The van der Waals surface area contributed by atoms with E-state index >= 15 is 0 Å². The van der Waals surface area contributed by atoms with Crippen molar-refractivity contribution in [1.82, 2.24) is 4.98 Å². The van der Waals surface area contributed by atoms with Crippen molar-refractivity contribution in [2.45, 2.75) is 19.4 Å². The van der Waals surface area contributed by atoms with Gasteiger partial charge in [0.25, 0.3) is 5.91 Å². The zero-order chi connectivity index (χ0) is 25.3. The van der Waals surface area contributed by atoms with Crippen LogP contribution in [0.25, 0.3) is 0 Å². The minimum absolute atomic E-state index is 0.00954. The summed E-state index contributed by atoms with van der Waals surface area (Å²) in [6, 6.07) is 17.3. The highest BCUT2D eigenvalue weighted by Crippen LogP contribution is 2.34. The lowest BCUT2D eigenvalue weighted by molar-refractivity contribution is -0.118. The number of aromatic nitrogens is 1. The number of amides is 2. The van der Waals surface area contributed by atoms with E-state index in [9.17, 15) is 18.0 Å². The fourth-order valence-electron chi connectivity index (χ4n) is 4.02. The summed E-state index contributed by atoms with van der Waals surface area (Å²) in [4.78, 5) is 31.9. The summed E-state index contributed by atoms with van der Waals surface area (Å²) in [5.74, 6) is -1.40. The molecule has 1 atom stereocenters. The number of fused-ring (bicyclic) bond motifs is 1. The average molecular weight is 496 g/mol. The van der Waals surface area contributed by atoms with Gasteiger partial charge in [-0.2, -0.15) is 4.98 Å². The van der Waals surface area contributed by atoms with E-state index in [0.717, 1.165) is 11.8 Å². The summed E-state index contributed by atoms with van der Waals surface area (Å²) < 4.78 is 36.3. The van der Waals surface area contributed by atoms with Crippen molar-refractivity contribution in [1.29, 1.82) is 0 Å². The number of rotatable bonds is 7. The van der Waals surface area contributed by atoms with Crippen LogP contribution in [-0.4, -0.2) is 45.7 Å². The number of hydrogen-bond acceptors (Lipinski definition) is 7. The van der Waals surface area contributed by atoms with E-state index < -0.39 is 21.8 Å². The van der Waals surface area contributed by atoms with Crippen molar-refractivity contribution in [3.8, 4) is 11.8 Å². The number of sulfonamides is 1. The minimum atomic E-state index is -4.01. The van der Waals surface area contributed by atoms with Gasteiger partial charge in [-0.15, -0.1) is 0 Å². The van der Waals surface area contributed by atoms with Gasteiger partial charge in [0, 0.05) is 17.3 Å². The fraction of sp³-hybridized carbons (Fsp3) is 0.240. The van der Waals surface area contributed by atoms with Gasteiger partial charge in [-0.25, -0.2) is 12.7 Å². The zero-order valence-electron chi connectivity index (χ0n) is 19.8. The molecule has 0 saturated heterocycles. The van der Waals surface area contributed by atoms with Crippen LogP contribution in [0.15, 0.2) is 60.7 Å². The molecule has 0 bridgehead atoms. The third-order valence-electron chi connectivity index (χ3n) is 5.86. The molecule has 2 aromatic carbocycles. The molecular formula is C25H25N3O6S. The second-order valence-corrected chi connectivity index (χ2v) is 9.94. The first-order chi connectivity index (χ1) is 16.7. The highest BCUT2D eigenvalue weighted by molar-refractivity contribution is 7.92. The summed E-state index contributed by atoms with van der Waals surface area (Å²) in [6.07, 6.45) is 0.945. The Balaban J connectivity index is 1.61. The summed E-state index contributed by atoms with van der Waals surface area (Å²) in [5, 5.41) is 0. The first-order valence-electron chi connectivity index (χ1n) is 10.8. The van der Waals surface area contributed by atoms with Gasteiger partial charge in [0.05, 0.1) is 32.9 Å². The summed E-state index contributed by atoms with van der Waals surface area (Å²) in [7, 11) is -1.26. The molecule has 1 unspecified atom stereocenters. The fourth-order valence-corrected chi connectivity index (χ4v) is 5.00. The first kappa shape index (κ1) is 24.2. The zero-order valence-corrected chi connectivity index (χ0v) is 20.6. The SMILES string of the molecule is COc1ccc(N(C(=O)C(C)c2ccc(N3Cc4ccccc4C3=O)cc2)S(C)(=O)=O)c(OC)n1. The molecule has 0 fully saturated rings. The third-order valence-corrected chi connectivity index (χ3v) is 6.90. The molecule has 182 valence electrons. The van der Waals surface area contributed by atoms with Gasteiger partial charge in [0.15, 0.2) is 0 Å². The number of carbonyl (C=O) groups excluding carboxylic acids is 2. The van der Waals surface area contributed by atoms with Crippen LogP contribution in [0.1, 0.15) is 34.3 Å². The molecule has 2 amide bonds. The summed E-state index contributed by atoms with van der Waals surface area (Å²) >= 11 is 0. The van der Waals surface area contributed by atoms with Crippen molar-refractivity contribution in [2.24, 2.45) is 0 Å². The Bertz CT molecular complexity index is 1390. The maximum Gasteiger partial charge on any atom is 0.258 e. The van der Waals surface area contributed by atoms with Crippen molar-refractivity contribution >= 4 is 33.2 Å². The summed E-state index contributed by atoms with van der Waals surface area (Å²) in [6.45, 7) is 2.09. The first-order valence-corrected chi connectivity index (χ1v) is 12.6. The predicted octanol–water partition coefficient (Wildman–Crippen LogP) is 3.36. The lowest BCUT2D eigenvalue weighted by Crippen LogP contribution is -2.39. The normalized spacial score (nSPS) is 13.8. The molecule has 0 spiro atoms. The molecule has 4 rings (SSSR count). The van der Waals surface area contributed by atoms with Crippen molar-refractivity contribution < 1.29 is 27.5 Å². The van der Waals surface area contributed by atoms with E-state index in [4.69, 9.17) is 9.47 Å². The van der Waals surface area contributed by atoms with Crippen LogP contribution in [0.4, 0.5) is 11.4 Å². The number of nitrogens with zero attached hydrogens (tertiary/aromatic N) is 3. The molecule has 9 nitrogen and oxygen atoms in total. The Kier molecular flexibility index (Phi) is 6.49. The molecule has 1 aliphatic heterocycles. The maximum atomic E-state index is 13.4. The van der Waals surface area contributed by atoms with Crippen LogP contribution in [0.2, 0.25) is 0 Å². The van der Waals surface area contributed by atoms with Crippen molar-refractivity contribution in [3.63, 3.8) is 0 Å². The molecular weight excluding hydrogens is 470 g/mol. The molecule has 0 N–H and O–H groups in total. The molecule has 0 radical (unpaired) electrons. The van der Waals surface area contributed by atoms with Gasteiger partial charge in [0.2, 0.25) is 27.7 Å². The Morgan fingerprint density at radius 2 is 1.71 bits per heavy atom. The van der Waals surface area contributed by atoms with E-state index in [1.165, 1.54) is 26.4 Å². The molecule has 2 heterocycles. The molecule has 10 heteroatoms. The second-order valence-electron chi connectivity index (χ2n) is 8.11. The lowest BCUT2D eigenvalue weighted by Gasteiger charge is -2.25. The highest BCUT2D eigenvalue weighted by atomic mass is 32.2. The Morgan fingerprint density at radius 3 is 2.31 bits per heavy atom. The van der Waals surface area contributed by atoms with Crippen LogP contribution < -0.4 is 18.7 Å². The van der Waals surface area contributed by atoms with Gasteiger partial charge in [-0.05, 0) is 42.3 Å². The van der Waals surface area contributed by atoms with Gasteiger partial charge >= 0.3 is 0 Å². The number of pyridine rings is 1. The van der Waals surface area contributed by atoms with Crippen molar-refractivity contribution in [2.75, 3.05) is 29.7 Å². The van der Waals surface area contributed by atoms with Gasteiger partial charge in [0.1, 0.15) is 5.69 Å². The largest absolute Gasteiger partial charge is 0.481 e. The van der Waals surface area contributed by atoms with E-state index in [1.807, 2.05) is 18.2 Å². The van der Waals surface area contributed by atoms with E-state index in [0.29, 0.717) is 27.7 Å². The average Bonchev–Trinajstić information content (AvgIpc) is 3.19. The number of ether oxygens (including phenoxy) is 2. The smallest absolute Gasteiger partial charge is 0.258 e. The number of benzene rings is 2. The standard InChI is InChI=1S/C25H25N3O6S/c1-16(24(29)28(35(4,31)32)21-13-14-22(33-2)26-23(21)34-3)17-9-11-19(12-10-17)27-15-18-7-5-6-8-20(18)25(27)30/h5-14,16H,15H2,1-4H3. The number of methoxy groups -OCH3 is 2. The molecule has 0 aliphatic carbocycles. The monoisotopic (exact) mass is 495 g/mol. The van der Waals surface area contributed by atoms with Crippen LogP contribution in [-0.2, 0) is 21.4 Å². The van der Waals surface area contributed by atoms with Crippen molar-refractivity contribution in [3.05, 3.63) is 77.4 Å². The van der Waals surface area contributed by atoms with E-state index in [-0.39, 0.29) is 23.4 Å².